The largest absolute Gasteiger partial charge is 0.483 e. The molecule has 0 spiro atoms. The highest BCUT2D eigenvalue weighted by Gasteiger charge is 2.12. The van der Waals surface area contributed by atoms with E-state index >= 15 is 0 Å². The van der Waals surface area contributed by atoms with Crippen LogP contribution in [0, 0.1) is 11.6 Å². The third kappa shape index (κ3) is 5.45. The monoisotopic (exact) mass is 305 g/mol. The van der Waals surface area contributed by atoms with Crippen molar-refractivity contribution < 1.29 is 18.3 Å². The summed E-state index contributed by atoms with van der Waals surface area (Å²) in [6, 6.07) is 2.50. The molecule has 0 aliphatic rings. The van der Waals surface area contributed by atoms with Crippen LogP contribution in [0.25, 0.3) is 0 Å². The van der Waals surface area contributed by atoms with Gasteiger partial charge in [-0.3, -0.25) is 0 Å². The summed E-state index contributed by atoms with van der Waals surface area (Å²) >= 11 is 5.46. The Bertz CT molecular complexity index is 443. The van der Waals surface area contributed by atoms with Crippen molar-refractivity contribution in [1.82, 2.24) is 5.32 Å². The third-order valence-corrected chi connectivity index (χ3v) is 2.87. The van der Waals surface area contributed by atoms with Crippen molar-refractivity contribution in [3.63, 3.8) is 0 Å². The zero-order chi connectivity index (χ0) is 15.0. The molecule has 0 unspecified atom stereocenters. The fourth-order valence-electron chi connectivity index (χ4n) is 1.48. The van der Waals surface area contributed by atoms with Crippen molar-refractivity contribution >= 4 is 11.6 Å². The standard InChI is InChI=1S/C14H18ClF2NO2/c1-10(7-15)9-20-14-12(16)5-11(6-13(14)17)8-18-3-4-19-2/h5-7,18H,3-4,8-9H2,1-2H3/b10-7+. The Labute approximate surface area is 122 Å². The predicted octanol–water partition coefficient (Wildman–Crippen LogP) is 3.22. The van der Waals surface area contributed by atoms with E-state index in [0.29, 0.717) is 30.8 Å². The fourth-order valence-corrected chi connectivity index (χ4v) is 1.54. The lowest BCUT2D eigenvalue weighted by molar-refractivity contribution is 0.199. The van der Waals surface area contributed by atoms with E-state index in [4.69, 9.17) is 21.1 Å². The van der Waals surface area contributed by atoms with Crippen LogP contribution in [0.1, 0.15) is 12.5 Å². The number of benzene rings is 1. The van der Waals surface area contributed by atoms with Gasteiger partial charge in [-0.05, 0) is 30.2 Å². The highest BCUT2D eigenvalue weighted by molar-refractivity contribution is 6.25. The van der Waals surface area contributed by atoms with Crippen molar-refractivity contribution in [2.24, 2.45) is 0 Å². The van der Waals surface area contributed by atoms with E-state index in [1.165, 1.54) is 17.7 Å². The molecule has 0 fully saturated rings. The highest BCUT2D eigenvalue weighted by atomic mass is 35.5. The second-order valence-corrected chi connectivity index (χ2v) is 4.52. The van der Waals surface area contributed by atoms with Crippen molar-refractivity contribution in [1.29, 1.82) is 0 Å². The second-order valence-electron chi connectivity index (χ2n) is 4.30. The minimum atomic E-state index is -0.726. The third-order valence-electron chi connectivity index (χ3n) is 2.50. The first-order chi connectivity index (χ1) is 9.58. The van der Waals surface area contributed by atoms with Crippen LogP contribution in [0.4, 0.5) is 8.78 Å². The van der Waals surface area contributed by atoms with E-state index < -0.39 is 11.6 Å². The SMILES string of the molecule is COCCNCc1cc(F)c(OC/C(C)=C/Cl)c(F)c1. The molecule has 0 aliphatic carbocycles. The molecular weight excluding hydrogens is 288 g/mol. The molecule has 0 aromatic heterocycles. The van der Waals surface area contributed by atoms with E-state index in [1.54, 1.807) is 14.0 Å². The van der Waals surface area contributed by atoms with Crippen LogP contribution in [0.5, 0.6) is 5.75 Å². The second kappa shape index (κ2) is 8.89. The van der Waals surface area contributed by atoms with Crippen molar-refractivity contribution in [3.05, 3.63) is 40.4 Å². The maximum absolute atomic E-state index is 13.8. The summed E-state index contributed by atoms with van der Waals surface area (Å²) < 4.78 is 37.5. The van der Waals surface area contributed by atoms with E-state index in [0.717, 1.165) is 0 Å². The quantitative estimate of drug-likeness (QED) is 0.748. The smallest absolute Gasteiger partial charge is 0.191 e. The number of nitrogens with one attached hydrogen (secondary N) is 1. The minimum absolute atomic E-state index is 0.0444. The molecule has 0 radical (unpaired) electrons. The number of halogens is 3. The van der Waals surface area contributed by atoms with Crippen LogP contribution < -0.4 is 10.1 Å². The molecule has 0 saturated heterocycles. The number of hydrogen-bond donors (Lipinski definition) is 1. The number of ether oxygens (including phenoxy) is 2. The average molecular weight is 306 g/mol. The van der Waals surface area contributed by atoms with Gasteiger partial charge in [0.25, 0.3) is 0 Å². The zero-order valence-electron chi connectivity index (χ0n) is 11.5. The molecule has 1 N–H and O–H groups in total. The topological polar surface area (TPSA) is 30.5 Å². The molecule has 0 saturated carbocycles. The van der Waals surface area contributed by atoms with E-state index in [2.05, 4.69) is 5.32 Å². The van der Waals surface area contributed by atoms with Gasteiger partial charge >= 0.3 is 0 Å². The van der Waals surface area contributed by atoms with Gasteiger partial charge in [0, 0.05) is 25.7 Å². The first-order valence-electron chi connectivity index (χ1n) is 6.14. The lowest BCUT2D eigenvalue weighted by atomic mass is 10.2. The zero-order valence-corrected chi connectivity index (χ0v) is 12.3. The number of hydrogen-bond acceptors (Lipinski definition) is 3. The van der Waals surface area contributed by atoms with Crippen molar-refractivity contribution in [3.8, 4) is 5.75 Å². The predicted molar refractivity (Wildman–Crippen MR) is 75.0 cm³/mol. The van der Waals surface area contributed by atoms with Crippen LogP contribution in [-0.2, 0) is 11.3 Å². The molecule has 0 amide bonds. The Hall–Kier alpha value is -1.17. The lowest BCUT2D eigenvalue weighted by Crippen LogP contribution is -2.18. The molecule has 0 atom stereocenters. The molecule has 1 rings (SSSR count). The summed E-state index contributed by atoms with van der Waals surface area (Å²) in [5, 5.41) is 3.01. The van der Waals surface area contributed by atoms with Gasteiger partial charge in [0.15, 0.2) is 17.4 Å². The van der Waals surface area contributed by atoms with E-state index in [-0.39, 0.29) is 12.4 Å². The van der Waals surface area contributed by atoms with Gasteiger partial charge < -0.3 is 14.8 Å². The number of methoxy groups -OCH3 is 1. The fraction of sp³-hybridized carbons (Fsp3) is 0.429. The summed E-state index contributed by atoms with van der Waals surface area (Å²) in [5.74, 6) is -1.84. The Kier molecular flexibility index (Phi) is 7.51. The van der Waals surface area contributed by atoms with Gasteiger partial charge in [0.2, 0.25) is 0 Å². The normalized spacial score (nSPS) is 11.8. The molecule has 20 heavy (non-hydrogen) atoms. The molecule has 1 aromatic carbocycles. The van der Waals surface area contributed by atoms with Crippen molar-refractivity contribution in [2.45, 2.75) is 13.5 Å². The molecule has 0 aliphatic heterocycles. The molecule has 0 heterocycles. The average Bonchev–Trinajstić information content (AvgIpc) is 2.42. The van der Waals surface area contributed by atoms with Gasteiger partial charge in [0.05, 0.1) is 6.61 Å². The van der Waals surface area contributed by atoms with Gasteiger partial charge in [0.1, 0.15) is 6.61 Å². The van der Waals surface area contributed by atoms with Gasteiger partial charge in [-0.1, -0.05) is 11.6 Å². The van der Waals surface area contributed by atoms with Crippen LogP contribution in [-0.4, -0.2) is 26.9 Å². The van der Waals surface area contributed by atoms with E-state index in [1.807, 2.05) is 0 Å². The van der Waals surface area contributed by atoms with Crippen LogP contribution in [0.2, 0.25) is 0 Å². The van der Waals surface area contributed by atoms with Gasteiger partial charge in [-0.2, -0.15) is 0 Å². The molecule has 0 bridgehead atoms. The maximum Gasteiger partial charge on any atom is 0.191 e. The van der Waals surface area contributed by atoms with Gasteiger partial charge in [-0.15, -0.1) is 0 Å². The summed E-state index contributed by atoms with van der Waals surface area (Å²) in [5.41, 5.74) is 2.49. The Morgan fingerprint density at radius 2 is 2.00 bits per heavy atom. The van der Waals surface area contributed by atoms with Crippen LogP contribution in [0.3, 0.4) is 0 Å². The Morgan fingerprint density at radius 1 is 1.35 bits per heavy atom. The minimum Gasteiger partial charge on any atom is -0.483 e. The van der Waals surface area contributed by atoms with Crippen molar-refractivity contribution in [2.75, 3.05) is 26.9 Å². The molecule has 112 valence electrons. The van der Waals surface area contributed by atoms with Gasteiger partial charge in [-0.25, -0.2) is 8.78 Å². The summed E-state index contributed by atoms with van der Waals surface area (Å²) in [6.07, 6.45) is 0. The number of rotatable bonds is 8. The first kappa shape index (κ1) is 16.9. The van der Waals surface area contributed by atoms with Crippen LogP contribution >= 0.6 is 11.6 Å². The van der Waals surface area contributed by atoms with E-state index in [9.17, 15) is 8.78 Å². The molecule has 1 aromatic rings. The highest BCUT2D eigenvalue weighted by Crippen LogP contribution is 2.23. The Balaban J connectivity index is 2.66. The molecule has 6 heteroatoms. The molecule has 3 nitrogen and oxygen atoms in total. The lowest BCUT2D eigenvalue weighted by Gasteiger charge is -2.10. The molecular formula is C14H18ClF2NO2. The maximum atomic E-state index is 13.8. The first-order valence-corrected chi connectivity index (χ1v) is 6.58. The van der Waals surface area contributed by atoms with Crippen LogP contribution in [0.15, 0.2) is 23.2 Å². The Morgan fingerprint density at radius 3 is 2.55 bits per heavy atom. The summed E-state index contributed by atoms with van der Waals surface area (Å²) in [7, 11) is 1.59. The summed E-state index contributed by atoms with van der Waals surface area (Å²) in [6.45, 7) is 3.26. The summed E-state index contributed by atoms with van der Waals surface area (Å²) in [4.78, 5) is 0.